The maximum atomic E-state index is 12.5. The first-order chi connectivity index (χ1) is 14.2. The third kappa shape index (κ3) is 6.44. The van der Waals surface area contributed by atoms with Crippen LogP contribution in [0.15, 0.2) is 48.5 Å². The number of anilines is 1. The Hall–Kier alpha value is -3.68. The molecule has 0 saturated carbocycles. The highest BCUT2D eigenvalue weighted by Crippen LogP contribution is 2.16. The lowest BCUT2D eigenvalue weighted by Crippen LogP contribution is -2.24. The van der Waals surface area contributed by atoms with E-state index in [1.54, 1.807) is 38.1 Å². The van der Waals surface area contributed by atoms with Crippen LogP contribution in [0.1, 0.15) is 41.5 Å². The Bertz CT molecular complexity index is 920. The monoisotopic (exact) mass is 412 g/mol. The average Bonchev–Trinajstić information content (AvgIpc) is 2.72. The molecule has 0 bridgehead atoms. The van der Waals surface area contributed by atoms with Crippen LogP contribution >= 0.6 is 0 Å². The highest BCUT2D eigenvalue weighted by atomic mass is 16.5. The Morgan fingerprint density at radius 3 is 2.00 bits per heavy atom. The molecule has 2 aromatic rings. The number of hydrogen-bond acceptors (Lipinski definition) is 6. The molecule has 30 heavy (non-hydrogen) atoms. The van der Waals surface area contributed by atoms with Gasteiger partial charge < -0.3 is 20.5 Å². The molecule has 2 rings (SSSR count). The van der Waals surface area contributed by atoms with Crippen molar-refractivity contribution in [1.82, 2.24) is 0 Å². The van der Waals surface area contributed by atoms with Gasteiger partial charge in [0.05, 0.1) is 5.56 Å². The summed E-state index contributed by atoms with van der Waals surface area (Å²) in [6.45, 7) is 4.78. The van der Waals surface area contributed by atoms with E-state index in [2.05, 4.69) is 5.32 Å². The van der Waals surface area contributed by atoms with E-state index in [0.29, 0.717) is 17.0 Å². The maximum Gasteiger partial charge on any atom is 0.338 e. The van der Waals surface area contributed by atoms with E-state index < -0.39 is 18.0 Å². The lowest BCUT2D eigenvalue weighted by atomic mass is 10.1. The molecule has 0 saturated heterocycles. The third-order valence-corrected chi connectivity index (χ3v) is 4.09. The number of nitrogens with one attached hydrogen (secondary N) is 1. The summed E-state index contributed by atoms with van der Waals surface area (Å²) < 4.78 is 10.4. The number of ketones is 1. The summed E-state index contributed by atoms with van der Waals surface area (Å²) in [5.41, 5.74) is 6.16. The first kappa shape index (κ1) is 22.6. The summed E-state index contributed by atoms with van der Waals surface area (Å²) in [6.07, 6.45) is -1.00. The zero-order valence-electron chi connectivity index (χ0n) is 17.0. The zero-order valence-corrected chi connectivity index (χ0v) is 17.0. The number of carbonyl (C=O) groups is 4. The van der Waals surface area contributed by atoms with Crippen molar-refractivity contribution in [3.63, 3.8) is 0 Å². The minimum Gasteiger partial charge on any atom is -0.484 e. The number of rotatable bonds is 9. The predicted octanol–water partition coefficient (Wildman–Crippen LogP) is 2.57. The van der Waals surface area contributed by atoms with Crippen LogP contribution in [0.3, 0.4) is 0 Å². The Balaban J connectivity index is 1.95. The summed E-state index contributed by atoms with van der Waals surface area (Å²) in [5, 5.41) is 2.74. The first-order valence-corrected chi connectivity index (χ1v) is 9.34. The SMILES string of the molecule is CC(C)C(=O)Nc1ccc(C(=O)[C@@H](C)OC(=O)c2ccc(OCC(N)=O)cc2)cc1. The standard InChI is InChI=1S/C22H24N2O6/c1-13(2)21(27)24-17-8-4-15(5-9-17)20(26)14(3)30-22(28)16-6-10-18(11-7-16)29-12-19(23)25/h4-11,13-14H,12H2,1-3H3,(H2,23,25)(H,24,27)/t14-/m1/s1. The number of primary amides is 1. The number of ether oxygens (including phenoxy) is 2. The molecule has 0 radical (unpaired) electrons. The van der Waals surface area contributed by atoms with Gasteiger partial charge in [-0.25, -0.2) is 4.79 Å². The highest BCUT2D eigenvalue weighted by molar-refractivity contribution is 6.02. The molecule has 2 amide bonds. The van der Waals surface area contributed by atoms with E-state index in [1.807, 2.05) is 0 Å². The van der Waals surface area contributed by atoms with Gasteiger partial charge in [-0.1, -0.05) is 13.8 Å². The molecule has 0 spiro atoms. The van der Waals surface area contributed by atoms with Crippen LogP contribution < -0.4 is 15.8 Å². The minimum absolute atomic E-state index is 0.123. The number of carbonyl (C=O) groups excluding carboxylic acids is 4. The van der Waals surface area contributed by atoms with Crippen molar-refractivity contribution < 1.29 is 28.7 Å². The van der Waals surface area contributed by atoms with Crippen molar-refractivity contribution in [2.24, 2.45) is 11.7 Å². The summed E-state index contributed by atoms with van der Waals surface area (Å²) in [5.74, 6) is -1.55. The number of benzene rings is 2. The zero-order chi connectivity index (χ0) is 22.3. The minimum atomic E-state index is -1.00. The number of amides is 2. The number of nitrogens with two attached hydrogens (primary N) is 1. The van der Waals surface area contributed by atoms with E-state index in [0.717, 1.165) is 0 Å². The second kappa shape index (κ2) is 10.2. The Morgan fingerprint density at radius 2 is 1.47 bits per heavy atom. The quantitative estimate of drug-likeness (QED) is 0.482. The van der Waals surface area contributed by atoms with Gasteiger partial charge in [-0.15, -0.1) is 0 Å². The molecule has 1 atom stereocenters. The average molecular weight is 412 g/mol. The summed E-state index contributed by atoms with van der Waals surface area (Å²) >= 11 is 0. The van der Waals surface area contributed by atoms with Crippen LogP contribution in [0, 0.1) is 5.92 Å². The Morgan fingerprint density at radius 1 is 0.900 bits per heavy atom. The van der Waals surface area contributed by atoms with Crippen LogP contribution in [0.4, 0.5) is 5.69 Å². The topological polar surface area (TPSA) is 125 Å². The van der Waals surface area contributed by atoms with Crippen molar-refractivity contribution in [2.45, 2.75) is 26.9 Å². The molecular weight excluding hydrogens is 388 g/mol. The molecular formula is C22H24N2O6. The van der Waals surface area contributed by atoms with E-state index in [1.165, 1.54) is 31.2 Å². The molecule has 0 aliphatic carbocycles. The predicted molar refractivity (Wildman–Crippen MR) is 110 cm³/mol. The lowest BCUT2D eigenvalue weighted by Gasteiger charge is -2.13. The van der Waals surface area contributed by atoms with Gasteiger partial charge >= 0.3 is 5.97 Å². The lowest BCUT2D eigenvalue weighted by molar-refractivity contribution is -0.120. The van der Waals surface area contributed by atoms with Gasteiger partial charge in [0.15, 0.2) is 12.7 Å². The molecule has 0 aliphatic heterocycles. The second-order valence-corrected chi connectivity index (χ2v) is 6.91. The Labute approximate surface area is 174 Å². The molecule has 2 aromatic carbocycles. The number of hydrogen-bond donors (Lipinski definition) is 2. The summed E-state index contributed by atoms with van der Waals surface area (Å²) in [6, 6.07) is 12.3. The van der Waals surface area contributed by atoms with Gasteiger partial charge in [-0.3, -0.25) is 14.4 Å². The molecule has 8 nitrogen and oxygen atoms in total. The van der Waals surface area contributed by atoms with Crippen LogP contribution in [-0.2, 0) is 14.3 Å². The molecule has 0 aliphatic rings. The summed E-state index contributed by atoms with van der Waals surface area (Å²) in [7, 11) is 0. The maximum absolute atomic E-state index is 12.5. The van der Waals surface area contributed by atoms with Crippen LogP contribution in [-0.4, -0.2) is 36.3 Å². The fourth-order valence-electron chi connectivity index (χ4n) is 2.36. The van der Waals surface area contributed by atoms with Gasteiger partial charge in [0.2, 0.25) is 11.7 Å². The van der Waals surface area contributed by atoms with Crippen molar-refractivity contribution in [1.29, 1.82) is 0 Å². The van der Waals surface area contributed by atoms with Crippen molar-refractivity contribution >= 4 is 29.3 Å². The molecule has 158 valence electrons. The van der Waals surface area contributed by atoms with Gasteiger partial charge in [0.25, 0.3) is 5.91 Å². The first-order valence-electron chi connectivity index (χ1n) is 9.34. The van der Waals surface area contributed by atoms with E-state index >= 15 is 0 Å². The fraction of sp³-hybridized carbons (Fsp3) is 0.273. The number of Topliss-reactive ketones (excluding diaryl/α,β-unsaturated/α-hetero) is 1. The normalized spacial score (nSPS) is 11.5. The van der Waals surface area contributed by atoms with Crippen molar-refractivity contribution in [2.75, 3.05) is 11.9 Å². The van der Waals surface area contributed by atoms with Crippen molar-refractivity contribution in [3.05, 3.63) is 59.7 Å². The number of esters is 1. The molecule has 3 N–H and O–H groups in total. The summed E-state index contributed by atoms with van der Waals surface area (Å²) in [4.78, 5) is 47.2. The van der Waals surface area contributed by atoms with E-state index in [4.69, 9.17) is 15.2 Å². The molecule has 0 heterocycles. The largest absolute Gasteiger partial charge is 0.484 e. The van der Waals surface area contributed by atoms with Crippen LogP contribution in [0.5, 0.6) is 5.75 Å². The van der Waals surface area contributed by atoms with Crippen LogP contribution in [0.25, 0.3) is 0 Å². The molecule has 0 unspecified atom stereocenters. The second-order valence-electron chi connectivity index (χ2n) is 6.91. The smallest absolute Gasteiger partial charge is 0.338 e. The van der Waals surface area contributed by atoms with Gasteiger partial charge in [-0.05, 0) is 55.5 Å². The van der Waals surface area contributed by atoms with Gasteiger partial charge in [0, 0.05) is 17.2 Å². The van der Waals surface area contributed by atoms with E-state index in [9.17, 15) is 19.2 Å². The fourth-order valence-corrected chi connectivity index (χ4v) is 2.36. The van der Waals surface area contributed by atoms with Gasteiger partial charge in [-0.2, -0.15) is 0 Å². The van der Waals surface area contributed by atoms with Gasteiger partial charge in [0.1, 0.15) is 5.75 Å². The third-order valence-electron chi connectivity index (χ3n) is 4.09. The van der Waals surface area contributed by atoms with Crippen LogP contribution in [0.2, 0.25) is 0 Å². The van der Waals surface area contributed by atoms with E-state index in [-0.39, 0.29) is 29.8 Å². The Kier molecular flexibility index (Phi) is 7.69. The highest BCUT2D eigenvalue weighted by Gasteiger charge is 2.20. The molecule has 8 heteroatoms. The molecule has 0 fully saturated rings. The molecule has 0 aromatic heterocycles. The van der Waals surface area contributed by atoms with Crippen molar-refractivity contribution in [3.8, 4) is 5.75 Å².